The maximum absolute atomic E-state index is 13.0. The maximum Gasteiger partial charge on any atom is 0.410 e. The summed E-state index contributed by atoms with van der Waals surface area (Å²) >= 11 is 1.39. The molecule has 188 valence electrons. The van der Waals surface area contributed by atoms with Gasteiger partial charge in [-0.3, -0.25) is 9.36 Å². The van der Waals surface area contributed by atoms with Crippen molar-refractivity contribution in [3.05, 3.63) is 18.4 Å². The van der Waals surface area contributed by atoms with E-state index in [-0.39, 0.29) is 24.0 Å². The number of likely N-dealkylation sites (tertiary alicyclic amines) is 1. The van der Waals surface area contributed by atoms with Gasteiger partial charge in [0.15, 0.2) is 16.7 Å². The minimum absolute atomic E-state index is 0.0280. The van der Waals surface area contributed by atoms with Crippen LogP contribution in [0.3, 0.4) is 0 Å². The molecule has 2 aromatic heterocycles. The summed E-state index contributed by atoms with van der Waals surface area (Å²) in [7, 11) is 0. The fourth-order valence-corrected chi connectivity index (χ4v) is 4.93. The molecule has 2 aromatic rings. The van der Waals surface area contributed by atoms with Crippen molar-refractivity contribution >= 4 is 23.8 Å². The van der Waals surface area contributed by atoms with Crippen molar-refractivity contribution in [1.82, 2.24) is 24.6 Å². The van der Waals surface area contributed by atoms with Crippen molar-refractivity contribution < 1.29 is 18.7 Å². The molecule has 1 aliphatic heterocycles. The highest BCUT2D eigenvalue weighted by Gasteiger charge is 2.30. The molecule has 1 atom stereocenters. The summed E-state index contributed by atoms with van der Waals surface area (Å²) < 4.78 is 13.0. The second-order valence-electron chi connectivity index (χ2n) is 9.89. The fourth-order valence-electron chi connectivity index (χ4n) is 4.02. The molecular weight excluding hydrogens is 454 g/mol. The third-order valence-electron chi connectivity index (χ3n) is 5.68. The molecule has 1 saturated heterocycles. The number of amides is 2. The van der Waals surface area contributed by atoms with E-state index in [9.17, 15) is 9.59 Å². The van der Waals surface area contributed by atoms with Crippen molar-refractivity contribution in [2.75, 3.05) is 25.4 Å². The SMILES string of the molecule is CCn1c(SCC(=O)N2CCCC(CN(C(=O)OC(C)(C)C)C(C)C)C2)nnc1-c1ccco1. The van der Waals surface area contributed by atoms with Gasteiger partial charge < -0.3 is 19.0 Å². The highest BCUT2D eigenvalue weighted by atomic mass is 32.2. The second kappa shape index (κ2) is 11.3. The smallest absolute Gasteiger partial charge is 0.410 e. The zero-order valence-corrected chi connectivity index (χ0v) is 21.9. The quantitative estimate of drug-likeness (QED) is 0.501. The van der Waals surface area contributed by atoms with Gasteiger partial charge in [-0.25, -0.2) is 4.79 Å². The van der Waals surface area contributed by atoms with Crippen molar-refractivity contribution in [3.8, 4) is 11.6 Å². The Morgan fingerprint density at radius 3 is 2.71 bits per heavy atom. The van der Waals surface area contributed by atoms with Gasteiger partial charge in [-0.15, -0.1) is 10.2 Å². The molecule has 1 fully saturated rings. The summed E-state index contributed by atoms with van der Waals surface area (Å²) in [6.07, 6.45) is 3.22. The van der Waals surface area contributed by atoms with E-state index in [1.807, 2.05) is 63.1 Å². The Bertz CT molecular complexity index is 951. The first-order valence-electron chi connectivity index (χ1n) is 12.0. The first-order chi connectivity index (χ1) is 16.1. The van der Waals surface area contributed by atoms with E-state index in [2.05, 4.69) is 10.2 Å². The van der Waals surface area contributed by atoms with Crippen LogP contribution in [0.2, 0.25) is 0 Å². The summed E-state index contributed by atoms with van der Waals surface area (Å²) in [4.78, 5) is 29.4. The predicted octanol–water partition coefficient (Wildman–Crippen LogP) is 4.53. The van der Waals surface area contributed by atoms with E-state index in [1.54, 1.807) is 11.2 Å². The van der Waals surface area contributed by atoms with Gasteiger partial charge in [0.1, 0.15) is 5.60 Å². The molecule has 1 aliphatic rings. The molecular formula is C24H37N5O4S. The normalized spacial score (nSPS) is 16.7. The van der Waals surface area contributed by atoms with Gasteiger partial charge in [0, 0.05) is 32.2 Å². The second-order valence-corrected chi connectivity index (χ2v) is 10.8. The lowest BCUT2D eigenvalue weighted by Crippen LogP contribution is -2.48. The molecule has 1 unspecified atom stereocenters. The molecule has 2 amide bonds. The van der Waals surface area contributed by atoms with Gasteiger partial charge in [-0.2, -0.15) is 0 Å². The number of hydrogen-bond acceptors (Lipinski definition) is 7. The molecule has 0 bridgehead atoms. The van der Waals surface area contributed by atoms with Crippen LogP contribution < -0.4 is 0 Å². The van der Waals surface area contributed by atoms with E-state index in [0.717, 1.165) is 19.4 Å². The third-order valence-corrected chi connectivity index (χ3v) is 6.63. The number of carbonyl (C=O) groups excluding carboxylic acids is 2. The molecule has 34 heavy (non-hydrogen) atoms. The molecule has 9 nitrogen and oxygen atoms in total. The molecule has 0 spiro atoms. The Morgan fingerprint density at radius 1 is 1.32 bits per heavy atom. The van der Waals surface area contributed by atoms with E-state index in [1.165, 1.54) is 11.8 Å². The monoisotopic (exact) mass is 491 g/mol. The Hall–Kier alpha value is -2.49. The van der Waals surface area contributed by atoms with Gasteiger partial charge >= 0.3 is 6.09 Å². The number of rotatable bonds is 8. The molecule has 3 heterocycles. The van der Waals surface area contributed by atoms with Crippen LogP contribution in [0.5, 0.6) is 0 Å². The Morgan fingerprint density at radius 2 is 2.09 bits per heavy atom. The number of thioether (sulfide) groups is 1. The van der Waals surface area contributed by atoms with Gasteiger partial charge in [0.05, 0.1) is 12.0 Å². The summed E-state index contributed by atoms with van der Waals surface area (Å²) in [6, 6.07) is 3.69. The van der Waals surface area contributed by atoms with Gasteiger partial charge in [-0.1, -0.05) is 11.8 Å². The Balaban J connectivity index is 1.58. The average molecular weight is 492 g/mol. The Kier molecular flexibility index (Phi) is 8.67. The van der Waals surface area contributed by atoms with Crippen LogP contribution in [0.15, 0.2) is 28.0 Å². The maximum atomic E-state index is 13.0. The number of carbonyl (C=O) groups is 2. The molecule has 0 radical (unpaired) electrons. The number of furan rings is 1. The minimum atomic E-state index is -0.536. The van der Waals surface area contributed by atoms with Crippen LogP contribution in [-0.4, -0.2) is 73.6 Å². The lowest BCUT2D eigenvalue weighted by Gasteiger charge is -2.37. The van der Waals surface area contributed by atoms with E-state index >= 15 is 0 Å². The fraction of sp³-hybridized carbons (Fsp3) is 0.667. The first kappa shape index (κ1) is 26.1. The van der Waals surface area contributed by atoms with Crippen molar-refractivity contribution in [2.24, 2.45) is 5.92 Å². The summed E-state index contributed by atoms with van der Waals surface area (Å²) in [5, 5.41) is 9.22. The number of nitrogens with zero attached hydrogens (tertiary/aromatic N) is 5. The number of hydrogen-bond donors (Lipinski definition) is 0. The lowest BCUT2D eigenvalue weighted by atomic mass is 9.97. The molecule has 0 saturated carbocycles. The minimum Gasteiger partial charge on any atom is -0.461 e. The Labute approximate surface area is 206 Å². The van der Waals surface area contributed by atoms with Crippen LogP contribution in [0.4, 0.5) is 4.79 Å². The zero-order valence-electron chi connectivity index (χ0n) is 21.1. The van der Waals surface area contributed by atoms with Gasteiger partial charge in [-0.05, 0) is 72.4 Å². The van der Waals surface area contributed by atoms with E-state index < -0.39 is 5.60 Å². The molecule has 10 heteroatoms. The molecule has 0 N–H and O–H groups in total. The van der Waals surface area contributed by atoms with Crippen molar-refractivity contribution in [3.63, 3.8) is 0 Å². The highest BCUT2D eigenvalue weighted by Crippen LogP contribution is 2.26. The van der Waals surface area contributed by atoms with E-state index in [4.69, 9.17) is 9.15 Å². The van der Waals surface area contributed by atoms with Gasteiger partial charge in [0.25, 0.3) is 0 Å². The summed E-state index contributed by atoms with van der Waals surface area (Å²) in [5.74, 6) is 1.92. The molecule has 0 aliphatic carbocycles. The van der Waals surface area contributed by atoms with Crippen LogP contribution in [0.25, 0.3) is 11.6 Å². The van der Waals surface area contributed by atoms with Gasteiger partial charge in [0.2, 0.25) is 5.91 Å². The summed E-state index contributed by atoms with van der Waals surface area (Å²) in [6.45, 7) is 14.3. The molecule has 0 aromatic carbocycles. The number of aromatic nitrogens is 3. The number of ether oxygens (including phenoxy) is 1. The van der Waals surface area contributed by atoms with Crippen molar-refractivity contribution in [2.45, 2.75) is 77.7 Å². The van der Waals surface area contributed by atoms with Crippen LogP contribution in [0.1, 0.15) is 54.4 Å². The zero-order chi connectivity index (χ0) is 24.9. The van der Waals surface area contributed by atoms with E-state index in [0.29, 0.717) is 42.1 Å². The average Bonchev–Trinajstić information content (AvgIpc) is 3.43. The van der Waals surface area contributed by atoms with Crippen LogP contribution in [-0.2, 0) is 16.1 Å². The number of piperidine rings is 1. The first-order valence-corrected chi connectivity index (χ1v) is 12.9. The topological polar surface area (TPSA) is 93.7 Å². The summed E-state index contributed by atoms with van der Waals surface area (Å²) in [5.41, 5.74) is -0.536. The standard InChI is InChI=1S/C24H37N5O4S/c1-7-28-21(19-11-9-13-32-19)25-26-22(28)34-16-20(30)27-12-8-10-18(14-27)15-29(17(2)3)23(31)33-24(4,5)6/h9,11,13,17-18H,7-8,10,12,14-16H2,1-6H3. The predicted molar refractivity (Wildman–Crippen MR) is 132 cm³/mol. The highest BCUT2D eigenvalue weighted by molar-refractivity contribution is 7.99. The van der Waals surface area contributed by atoms with Crippen molar-refractivity contribution in [1.29, 1.82) is 0 Å². The molecule has 3 rings (SSSR count). The third kappa shape index (κ3) is 6.77. The lowest BCUT2D eigenvalue weighted by molar-refractivity contribution is -0.130. The van der Waals surface area contributed by atoms with Crippen LogP contribution in [0, 0.1) is 5.92 Å². The largest absolute Gasteiger partial charge is 0.461 e. The van der Waals surface area contributed by atoms with Crippen LogP contribution >= 0.6 is 11.8 Å².